The Morgan fingerprint density at radius 1 is 1.50 bits per heavy atom. The maximum absolute atomic E-state index is 11.6. The molecule has 0 spiro atoms. The summed E-state index contributed by atoms with van der Waals surface area (Å²) in [4.78, 5) is 0. The molecule has 0 heterocycles. The van der Waals surface area contributed by atoms with Gasteiger partial charge < -0.3 is 5.11 Å². The number of hydrogen-bond acceptors (Lipinski definition) is 2. The van der Waals surface area contributed by atoms with E-state index in [0.29, 0.717) is 0 Å². The molecule has 58 valence electrons. The van der Waals surface area contributed by atoms with Crippen molar-refractivity contribution in [3.8, 4) is 6.07 Å². The van der Waals surface area contributed by atoms with Gasteiger partial charge in [-0.2, -0.15) is 18.4 Å². The highest BCUT2D eigenvalue weighted by Crippen LogP contribution is 2.31. The maximum atomic E-state index is 11.6. The van der Waals surface area contributed by atoms with Gasteiger partial charge in [-0.05, 0) is 6.42 Å². The van der Waals surface area contributed by atoms with Crippen LogP contribution in [0, 0.1) is 11.3 Å². The first kappa shape index (κ1) is 9.24. The number of nitrogens with zero attached hydrogens (tertiary/aromatic N) is 1. The van der Waals surface area contributed by atoms with E-state index < -0.39 is 18.2 Å². The van der Waals surface area contributed by atoms with Gasteiger partial charge in [-0.1, -0.05) is 6.92 Å². The average molecular weight is 153 g/mol. The van der Waals surface area contributed by atoms with Crippen molar-refractivity contribution in [1.29, 1.82) is 5.26 Å². The number of aliphatic hydroxyl groups is 1. The molecule has 1 unspecified atom stereocenters. The van der Waals surface area contributed by atoms with E-state index in [2.05, 4.69) is 0 Å². The molecule has 2 nitrogen and oxygen atoms in total. The van der Waals surface area contributed by atoms with E-state index in [9.17, 15) is 13.2 Å². The average Bonchev–Trinajstić information content (AvgIpc) is 1.84. The molecule has 0 aliphatic heterocycles. The van der Waals surface area contributed by atoms with Crippen LogP contribution in [0.5, 0.6) is 0 Å². The summed E-state index contributed by atoms with van der Waals surface area (Å²) in [6.07, 6.45) is -5.50. The standard InChI is InChI=1S/C5H6F3NO/c1-2-4(10,3-9)5(6,7)8/h10H,2H2,1H3. The van der Waals surface area contributed by atoms with Gasteiger partial charge in [-0.3, -0.25) is 0 Å². The van der Waals surface area contributed by atoms with Crippen molar-refractivity contribution in [1.82, 2.24) is 0 Å². The van der Waals surface area contributed by atoms with Crippen LogP contribution in [0.3, 0.4) is 0 Å². The molecular formula is C5H6F3NO. The van der Waals surface area contributed by atoms with E-state index in [4.69, 9.17) is 10.4 Å². The Morgan fingerprint density at radius 2 is 1.90 bits per heavy atom. The molecule has 0 fully saturated rings. The molecule has 1 N–H and O–H groups in total. The minimum Gasteiger partial charge on any atom is -0.368 e. The molecule has 0 bridgehead atoms. The molecule has 0 aliphatic carbocycles. The molecule has 0 saturated carbocycles. The molecule has 0 aromatic carbocycles. The van der Waals surface area contributed by atoms with Crippen molar-refractivity contribution >= 4 is 0 Å². The lowest BCUT2D eigenvalue weighted by Gasteiger charge is -2.20. The van der Waals surface area contributed by atoms with Gasteiger partial charge in [0.2, 0.25) is 5.60 Å². The van der Waals surface area contributed by atoms with Crippen LogP contribution in [0.2, 0.25) is 0 Å². The predicted molar refractivity (Wildman–Crippen MR) is 26.9 cm³/mol. The number of nitriles is 1. The van der Waals surface area contributed by atoms with E-state index in [1.165, 1.54) is 0 Å². The number of rotatable bonds is 1. The fourth-order valence-electron chi connectivity index (χ4n) is 0.343. The molecule has 10 heavy (non-hydrogen) atoms. The number of alkyl halides is 3. The molecule has 0 radical (unpaired) electrons. The number of hydrogen-bond donors (Lipinski definition) is 1. The van der Waals surface area contributed by atoms with Crippen molar-refractivity contribution in [2.75, 3.05) is 0 Å². The Morgan fingerprint density at radius 3 is 1.90 bits per heavy atom. The van der Waals surface area contributed by atoms with Gasteiger partial charge in [-0.15, -0.1) is 0 Å². The van der Waals surface area contributed by atoms with Crippen LogP contribution in [-0.2, 0) is 0 Å². The normalized spacial score (nSPS) is 17.6. The third kappa shape index (κ3) is 1.39. The molecule has 5 heteroatoms. The highest BCUT2D eigenvalue weighted by atomic mass is 19.4. The van der Waals surface area contributed by atoms with E-state index in [0.717, 1.165) is 13.0 Å². The fraction of sp³-hybridized carbons (Fsp3) is 0.800. The summed E-state index contributed by atoms with van der Waals surface area (Å²) in [5.74, 6) is 0. The van der Waals surface area contributed by atoms with E-state index in [1.54, 1.807) is 0 Å². The van der Waals surface area contributed by atoms with Gasteiger partial charge in [0.1, 0.15) is 6.07 Å². The molecule has 0 aromatic heterocycles. The van der Waals surface area contributed by atoms with Crippen molar-refractivity contribution in [3.63, 3.8) is 0 Å². The van der Waals surface area contributed by atoms with Gasteiger partial charge in [0.05, 0.1) is 0 Å². The largest absolute Gasteiger partial charge is 0.430 e. The van der Waals surface area contributed by atoms with Crippen LogP contribution in [0.4, 0.5) is 13.2 Å². The van der Waals surface area contributed by atoms with E-state index in [-0.39, 0.29) is 0 Å². The summed E-state index contributed by atoms with van der Waals surface area (Å²) in [7, 11) is 0. The Bertz CT molecular complexity index is 159. The van der Waals surface area contributed by atoms with Crippen LogP contribution >= 0.6 is 0 Å². The second-order valence-corrected chi connectivity index (χ2v) is 1.82. The summed E-state index contributed by atoms with van der Waals surface area (Å²) < 4.78 is 34.9. The lowest BCUT2D eigenvalue weighted by molar-refractivity contribution is -0.236. The second-order valence-electron chi connectivity index (χ2n) is 1.82. The van der Waals surface area contributed by atoms with Crippen molar-refractivity contribution in [3.05, 3.63) is 0 Å². The van der Waals surface area contributed by atoms with Gasteiger partial charge in [0.15, 0.2) is 0 Å². The van der Waals surface area contributed by atoms with E-state index >= 15 is 0 Å². The molecule has 0 rings (SSSR count). The summed E-state index contributed by atoms with van der Waals surface area (Å²) in [5, 5.41) is 16.4. The van der Waals surface area contributed by atoms with Gasteiger partial charge in [0.25, 0.3) is 0 Å². The zero-order valence-corrected chi connectivity index (χ0v) is 5.24. The lowest BCUT2D eigenvalue weighted by atomic mass is 10.0. The van der Waals surface area contributed by atoms with E-state index in [1.807, 2.05) is 0 Å². The first-order chi connectivity index (χ1) is 4.37. The first-order valence-corrected chi connectivity index (χ1v) is 2.57. The van der Waals surface area contributed by atoms with Crippen LogP contribution in [0.25, 0.3) is 0 Å². The molecular weight excluding hydrogens is 147 g/mol. The van der Waals surface area contributed by atoms with Gasteiger partial charge in [-0.25, -0.2) is 0 Å². The Hall–Kier alpha value is -0.760. The highest BCUT2D eigenvalue weighted by Gasteiger charge is 2.53. The Kier molecular flexibility index (Phi) is 2.28. The SMILES string of the molecule is CCC(O)(C#N)C(F)(F)F. The highest BCUT2D eigenvalue weighted by molar-refractivity contribution is 5.04. The smallest absolute Gasteiger partial charge is 0.368 e. The maximum Gasteiger partial charge on any atom is 0.430 e. The summed E-state index contributed by atoms with van der Waals surface area (Å²) in [6, 6.07) is 0.799. The van der Waals surface area contributed by atoms with Crippen LogP contribution < -0.4 is 0 Å². The summed E-state index contributed by atoms with van der Waals surface area (Å²) >= 11 is 0. The number of halogens is 3. The zero-order chi connectivity index (χ0) is 8.41. The molecule has 0 saturated heterocycles. The van der Waals surface area contributed by atoms with Gasteiger partial charge >= 0.3 is 6.18 Å². The molecule has 1 atom stereocenters. The Labute approximate surface area is 55.9 Å². The fourth-order valence-corrected chi connectivity index (χ4v) is 0.343. The third-order valence-corrected chi connectivity index (χ3v) is 1.17. The zero-order valence-electron chi connectivity index (χ0n) is 5.24. The predicted octanol–water partition coefficient (Wildman–Crippen LogP) is 1.21. The summed E-state index contributed by atoms with van der Waals surface area (Å²) in [6.45, 7) is 1.09. The second kappa shape index (κ2) is 2.46. The van der Waals surface area contributed by atoms with Gasteiger partial charge in [0, 0.05) is 0 Å². The topological polar surface area (TPSA) is 44.0 Å². The van der Waals surface area contributed by atoms with Crippen LogP contribution in [0.1, 0.15) is 13.3 Å². The Balaban J connectivity index is 4.54. The monoisotopic (exact) mass is 153 g/mol. The minimum atomic E-state index is -4.85. The van der Waals surface area contributed by atoms with Crippen LogP contribution in [-0.4, -0.2) is 16.9 Å². The molecule has 0 amide bonds. The first-order valence-electron chi connectivity index (χ1n) is 2.57. The third-order valence-electron chi connectivity index (χ3n) is 1.17. The lowest BCUT2D eigenvalue weighted by Crippen LogP contribution is -2.42. The van der Waals surface area contributed by atoms with Crippen LogP contribution in [0.15, 0.2) is 0 Å². The minimum absolute atomic E-state index is 0.646. The van der Waals surface area contributed by atoms with Crippen molar-refractivity contribution in [2.45, 2.75) is 25.1 Å². The van der Waals surface area contributed by atoms with Crippen molar-refractivity contribution in [2.24, 2.45) is 0 Å². The van der Waals surface area contributed by atoms with Crippen molar-refractivity contribution < 1.29 is 18.3 Å². The summed E-state index contributed by atoms with van der Waals surface area (Å²) in [5.41, 5.74) is -3.17. The quantitative estimate of drug-likeness (QED) is 0.575. The molecule has 0 aromatic rings. The molecule has 0 aliphatic rings.